The van der Waals surface area contributed by atoms with Crippen molar-refractivity contribution in [3.8, 4) is 0 Å². The third kappa shape index (κ3) is 4.40. The van der Waals surface area contributed by atoms with E-state index in [2.05, 4.69) is 5.32 Å². The number of aromatic nitrogens is 2. The Hall–Kier alpha value is -2.76. The third-order valence-electron chi connectivity index (χ3n) is 5.91. The number of fused-ring (bicyclic) bond motifs is 3. The summed E-state index contributed by atoms with van der Waals surface area (Å²) in [5, 5.41) is 15.0. The highest BCUT2D eigenvalue weighted by molar-refractivity contribution is 7.99. The van der Waals surface area contributed by atoms with Crippen molar-refractivity contribution in [1.29, 1.82) is 0 Å². The van der Waals surface area contributed by atoms with Gasteiger partial charge in [0.1, 0.15) is 10.5 Å². The summed E-state index contributed by atoms with van der Waals surface area (Å²) >= 11 is 2.73. The van der Waals surface area contributed by atoms with Crippen LogP contribution in [0.3, 0.4) is 0 Å². The van der Waals surface area contributed by atoms with Crippen LogP contribution < -0.4 is 10.9 Å². The average Bonchev–Trinajstić information content (AvgIpc) is 3.52. The molecule has 0 bridgehead atoms. The van der Waals surface area contributed by atoms with Crippen molar-refractivity contribution in [1.82, 2.24) is 9.55 Å². The summed E-state index contributed by atoms with van der Waals surface area (Å²) in [6, 6.07) is 6.00. The molecule has 3 heterocycles. The van der Waals surface area contributed by atoms with Gasteiger partial charge in [0, 0.05) is 17.6 Å². The third-order valence-corrected chi connectivity index (χ3v) is 8.07. The minimum atomic E-state index is -0.534. The van der Waals surface area contributed by atoms with Crippen LogP contribution >= 0.6 is 23.1 Å². The molecule has 1 saturated heterocycles. The largest absolute Gasteiger partial charge is 0.376 e. The van der Waals surface area contributed by atoms with Crippen LogP contribution in [0.2, 0.25) is 0 Å². The minimum absolute atomic E-state index is 0.0272. The van der Waals surface area contributed by atoms with Gasteiger partial charge >= 0.3 is 0 Å². The lowest BCUT2D eigenvalue weighted by atomic mass is 10.2. The number of benzene rings is 1. The van der Waals surface area contributed by atoms with E-state index in [-0.39, 0.29) is 28.8 Å². The number of carbonyl (C=O) groups excluding carboxylic acids is 1. The number of carbonyl (C=O) groups is 1. The molecular formula is C22H22N4O5S2. The fraction of sp³-hybridized carbons (Fsp3) is 0.409. The zero-order valence-electron chi connectivity index (χ0n) is 17.7. The quantitative estimate of drug-likeness (QED) is 0.234. The number of ether oxygens (including phenoxy) is 1. The number of thioether (sulfide) groups is 1. The molecule has 9 nitrogen and oxygen atoms in total. The lowest BCUT2D eigenvalue weighted by molar-refractivity contribution is -0.383. The molecule has 1 atom stereocenters. The van der Waals surface area contributed by atoms with Crippen molar-refractivity contribution in [3.05, 3.63) is 55.2 Å². The highest BCUT2D eigenvalue weighted by Gasteiger charge is 2.26. The average molecular weight is 487 g/mol. The maximum Gasteiger partial charge on any atom is 0.292 e. The summed E-state index contributed by atoms with van der Waals surface area (Å²) < 4.78 is 7.40. The van der Waals surface area contributed by atoms with E-state index >= 15 is 0 Å². The van der Waals surface area contributed by atoms with Gasteiger partial charge in [-0.25, -0.2) is 4.98 Å². The van der Waals surface area contributed by atoms with Crippen molar-refractivity contribution in [2.75, 3.05) is 17.7 Å². The van der Waals surface area contributed by atoms with Gasteiger partial charge < -0.3 is 10.1 Å². The normalized spacial score (nSPS) is 17.4. The summed E-state index contributed by atoms with van der Waals surface area (Å²) in [5.74, 6) is -0.429. The topological polar surface area (TPSA) is 116 Å². The first kappa shape index (κ1) is 22.1. The molecule has 1 aliphatic carbocycles. The van der Waals surface area contributed by atoms with Crippen LogP contribution in [0.1, 0.15) is 29.7 Å². The number of para-hydroxylation sites is 2. The Bertz CT molecular complexity index is 1300. The van der Waals surface area contributed by atoms with Gasteiger partial charge in [-0.2, -0.15) is 0 Å². The fourth-order valence-electron chi connectivity index (χ4n) is 4.38. The number of hydrogen-bond acceptors (Lipinski definition) is 8. The number of thiophene rings is 1. The molecule has 1 N–H and O–H groups in total. The number of aryl methyl sites for hydroxylation is 2. The van der Waals surface area contributed by atoms with E-state index in [9.17, 15) is 19.7 Å². The van der Waals surface area contributed by atoms with Gasteiger partial charge in [-0.15, -0.1) is 11.3 Å². The lowest BCUT2D eigenvalue weighted by Crippen LogP contribution is -2.29. The first-order valence-electron chi connectivity index (χ1n) is 10.8. The second kappa shape index (κ2) is 9.24. The number of anilines is 1. The molecule has 1 aromatic carbocycles. The van der Waals surface area contributed by atoms with E-state index in [1.165, 1.54) is 17.0 Å². The molecule has 11 heteroatoms. The summed E-state index contributed by atoms with van der Waals surface area (Å²) in [6.45, 7) is 1.09. The van der Waals surface area contributed by atoms with Gasteiger partial charge in [0.25, 0.3) is 11.2 Å². The SMILES string of the molecule is O=C(CSc1nc2sc3c(c2c(=O)n1CC1CCCO1)CCC3)Nc1ccccc1[N+](=O)[O-]. The highest BCUT2D eigenvalue weighted by Crippen LogP contribution is 2.36. The highest BCUT2D eigenvalue weighted by atomic mass is 32.2. The molecular weight excluding hydrogens is 464 g/mol. The predicted molar refractivity (Wildman–Crippen MR) is 127 cm³/mol. The zero-order chi connectivity index (χ0) is 22.9. The van der Waals surface area contributed by atoms with Crippen molar-refractivity contribution >= 4 is 50.6 Å². The Morgan fingerprint density at radius 1 is 1.33 bits per heavy atom. The van der Waals surface area contributed by atoms with Crippen LogP contribution in [-0.2, 0) is 28.9 Å². The molecule has 172 valence electrons. The molecule has 0 spiro atoms. The molecule has 3 aromatic rings. The lowest BCUT2D eigenvalue weighted by Gasteiger charge is -2.16. The van der Waals surface area contributed by atoms with Crippen LogP contribution in [0.4, 0.5) is 11.4 Å². The second-order valence-corrected chi connectivity index (χ2v) is 10.1. The van der Waals surface area contributed by atoms with Crippen molar-refractivity contribution in [2.45, 2.75) is 49.9 Å². The number of nitrogens with one attached hydrogen (secondary N) is 1. The van der Waals surface area contributed by atoms with Crippen LogP contribution in [0.5, 0.6) is 0 Å². The monoisotopic (exact) mass is 486 g/mol. The maximum atomic E-state index is 13.5. The van der Waals surface area contributed by atoms with E-state index in [1.807, 2.05) is 0 Å². The van der Waals surface area contributed by atoms with E-state index in [1.54, 1.807) is 28.0 Å². The molecule has 0 radical (unpaired) electrons. The molecule has 5 rings (SSSR count). The predicted octanol–water partition coefficient (Wildman–Crippen LogP) is 3.76. The number of nitro groups is 1. The summed E-state index contributed by atoms with van der Waals surface area (Å²) in [5.41, 5.74) is 1.03. The summed E-state index contributed by atoms with van der Waals surface area (Å²) in [6.07, 6.45) is 4.73. The maximum absolute atomic E-state index is 13.5. The van der Waals surface area contributed by atoms with Gasteiger partial charge in [-0.3, -0.25) is 24.3 Å². The van der Waals surface area contributed by atoms with Gasteiger partial charge in [-0.1, -0.05) is 23.9 Å². The standard InChI is InChI=1S/C22H22N4O5S2/c27-18(23-15-7-1-2-8-16(15)26(29)30)12-32-22-24-20-19(14-6-3-9-17(14)33-20)21(28)25(22)11-13-5-4-10-31-13/h1-2,7-8,13H,3-6,9-12H2,(H,23,27). The summed E-state index contributed by atoms with van der Waals surface area (Å²) in [7, 11) is 0. The van der Waals surface area contributed by atoms with Crippen LogP contribution in [0, 0.1) is 10.1 Å². The number of nitrogens with zero attached hydrogens (tertiary/aromatic N) is 3. The molecule has 2 aliphatic rings. The van der Waals surface area contributed by atoms with Crippen molar-refractivity contribution in [3.63, 3.8) is 0 Å². The molecule has 1 unspecified atom stereocenters. The fourth-order valence-corrected chi connectivity index (χ4v) is 6.49. The minimum Gasteiger partial charge on any atom is -0.376 e. The van der Waals surface area contributed by atoms with Crippen molar-refractivity contribution < 1.29 is 14.5 Å². The Morgan fingerprint density at radius 3 is 2.97 bits per heavy atom. The molecule has 1 fully saturated rings. The molecule has 1 amide bonds. The first-order chi connectivity index (χ1) is 16.0. The molecule has 1 aliphatic heterocycles. The Labute approximate surface area is 197 Å². The Balaban J connectivity index is 1.41. The van der Waals surface area contributed by atoms with E-state index in [4.69, 9.17) is 9.72 Å². The van der Waals surface area contributed by atoms with E-state index < -0.39 is 10.8 Å². The Morgan fingerprint density at radius 2 is 2.18 bits per heavy atom. The van der Waals surface area contributed by atoms with Gasteiger partial charge in [0.15, 0.2) is 5.16 Å². The second-order valence-electron chi connectivity index (χ2n) is 8.09. The summed E-state index contributed by atoms with van der Waals surface area (Å²) in [4.78, 5) is 43.5. The van der Waals surface area contributed by atoms with Crippen molar-refractivity contribution in [2.24, 2.45) is 0 Å². The number of rotatable bonds is 7. The van der Waals surface area contributed by atoms with E-state index in [0.29, 0.717) is 23.7 Å². The molecule has 2 aromatic heterocycles. The van der Waals surface area contributed by atoms with Gasteiger partial charge in [-0.05, 0) is 43.7 Å². The van der Waals surface area contributed by atoms with Crippen LogP contribution in [0.25, 0.3) is 10.2 Å². The van der Waals surface area contributed by atoms with Gasteiger partial charge in [0.2, 0.25) is 5.91 Å². The number of hydrogen-bond donors (Lipinski definition) is 1. The molecule has 33 heavy (non-hydrogen) atoms. The van der Waals surface area contributed by atoms with Crippen LogP contribution in [-0.4, -0.2) is 38.8 Å². The van der Waals surface area contributed by atoms with Crippen LogP contribution in [0.15, 0.2) is 34.2 Å². The first-order valence-corrected chi connectivity index (χ1v) is 12.6. The Kier molecular flexibility index (Phi) is 6.17. The smallest absolute Gasteiger partial charge is 0.292 e. The van der Waals surface area contributed by atoms with E-state index in [0.717, 1.165) is 54.3 Å². The zero-order valence-corrected chi connectivity index (χ0v) is 19.4. The number of amides is 1. The van der Waals surface area contributed by atoms with Gasteiger partial charge in [0.05, 0.1) is 28.7 Å². The number of nitro benzene ring substituents is 1. The molecule has 0 saturated carbocycles.